The second-order valence-electron chi connectivity index (χ2n) is 4.29. The molecule has 4 heteroatoms. The largest absolute Gasteiger partial charge is 0.398 e. The normalized spacial score (nSPS) is 10.1. The summed E-state index contributed by atoms with van der Waals surface area (Å²) in [6.45, 7) is 9.02. The molecule has 3 N–H and O–H groups in total. The van der Waals surface area contributed by atoms with Crippen molar-refractivity contribution in [2.75, 3.05) is 30.8 Å². The molecule has 18 heavy (non-hydrogen) atoms. The van der Waals surface area contributed by atoms with Crippen molar-refractivity contribution < 1.29 is 9.53 Å². The molecule has 1 aromatic rings. The summed E-state index contributed by atoms with van der Waals surface area (Å²) in [5, 5.41) is 3.18. The van der Waals surface area contributed by atoms with Crippen molar-refractivity contribution in [1.82, 2.24) is 0 Å². The highest BCUT2D eigenvalue weighted by molar-refractivity contribution is 5.99. The number of benzene rings is 1. The Morgan fingerprint density at radius 2 is 2.17 bits per heavy atom. The molecule has 0 saturated heterocycles. The van der Waals surface area contributed by atoms with Gasteiger partial charge in [0.05, 0.1) is 13.2 Å². The zero-order valence-electron chi connectivity index (χ0n) is 11.0. The van der Waals surface area contributed by atoms with Crippen LogP contribution in [0.2, 0.25) is 0 Å². The topological polar surface area (TPSA) is 64.3 Å². The zero-order chi connectivity index (χ0) is 13.5. The number of Topliss-reactive ketones (excluding diaryl/α,β-unsaturated/α-hetero) is 1. The highest BCUT2D eigenvalue weighted by atomic mass is 16.5. The smallest absolute Gasteiger partial charge is 0.161 e. The van der Waals surface area contributed by atoms with Gasteiger partial charge in [-0.3, -0.25) is 4.79 Å². The highest BCUT2D eigenvalue weighted by Gasteiger charge is 2.05. The summed E-state index contributed by atoms with van der Waals surface area (Å²) in [6, 6.07) is 5.34. The second-order valence-corrected chi connectivity index (χ2v) is 4.29. The van der Waals surface area contributed by atoms with Gasteiger partial charge in [0.15, 0.2) is 5.78 Å². The second kappa shape index (κ2) is 6.81. The number of carbonyl (C=O) groups excluding carboxylic acids is 1. The molecule has 0 heterocycles. The van der Waals surface area contributed by atoms with Gasteiger partial charge in [0, 0.05) is 23.5 Å². The average molecular weight is 248 g/mol. The van der Waals surface area contributed by atoms with Gasteiger partial charge in [-0.05, 0) is 32.0 Å². The van der Waals surface area contributed by atoms with E-state index in [0.29, 0.717) is 31.0 Å². The molecule has 0 aliphatic heterocycles. The number of nitrogens with one attached hydrogen (secondary N) is 1. The lowest BCUT2D eigenvalue weighted by atomic mass is 10.1. The summed E-state index contributed by atoms with van der Waals surface area (Å²) in [5.74, 6) is -0.0327. The lowest BCUT2D eigenvalue weighted by Crippen LogP contribution is -2.11. The fourth-order valence-electron chi connectivity index (χ4n) is 1.49. The summed E-state index contributed by atoms with van der Waals surface area (Å²) < 4.78 is 5.36. The quantitative estimate of drug-likeness (QED) is 0.337. The standard InChI is InChI=1S/C14H20N2O2/c1-10(2)9-18-7-6-16-12-4-5-14(15)13(8-12)11(3)17/h4-5,8,16H,1,6-7,9,15H2,2-3H3. The lowest BCUT2D eigenvalue weighted by Gasteiger charge is -2.09. The number of anilines is 2. The van der Waals surface area contributed by atoms with Crippen LogP contribution in [0.15, 0.2) is 30.4 Å². The van der Waals surface area contributed by atoms with Crippen molar-refractivity contribution in [1.29, 1.82) is 0 Å². The third-order valence-corrected chi connectivity index (χ3v) is 2.36. The van der Waals surface area contributed by atoms with Crippen LogP contribution in [0.1, 0.15) is 24.2 Å². The monoisotopic (exact) mass is 248 g/mol. The van der Waals surface area contributed by atoms with Gasteiger partial charge in [-0.25, -0.2) is 0 Å². The molecular weight excluding hydrogens is 228 g/mol. The van der Waals surface area contributed by atoms with Crippen LogP contribution in [0.5, 0.6) is 0 Å². The SMILES string of the molecule is C=C(C)COCCNc1ccc(N)c(C(C)=O)c1. The van der Waals surface area contributed by atoms with Gasteiger partial charge in [0.25, 0.3) is 0 Å². The summed E-state index contributed by atoms with van der Waals surface area (Å²) in [5.41, 5.74) is 8.64. The van der Waals surface area contributed by atoms with Gasteiger partial charge in [-0.1, -0.05) is 12.2 Å². The predicted molar refractivity (Wildman–Crippen MR) is 75.0 cm³/mol. The Bertz CT molecular complexity index is 441. The van der Waals surface area contributed by atoms with Crippen LogP contribution in [0.3, 0.4) is 0 Å². The van der Waals surface area contributed by atoms with E-state index in [1.54, 1.807) is 12.1 Å². The van der Waals surface area contributed by atoms with Crippen molar-refractivity contribution in [2.45, 2.75) is 13.8 Å². The lowest BCUT2D eigenvalue weighted by molar-refractivity contribution is 0.101. The molecule has 1 rings (SSSR count). The van der Waals surface area contributed by atoms with Crippen molar-refractivity contribution >= 4 is 17.2 Å². The van der Waals surface area contributed by atoms with Crippen LogP contribution in [0.25, 0.3) is 0 Å². The highest BCUT2D eigenvalue weighted by Crippen LogP contribution is 2.18. The maximum atomic E-state index is 11.3. The first-order chi connectivity index (χ1) is 8.50. The number of ketones is 1. The van der Waals surface area contributed by atoms with Crippen LogP contribution in [0, 0.1) is 0 Å². The molecular formula is C14H20N2O2. The van der Waals surface area contributed by atoms with E-state index >= 15 is 0 Å². The molecule has 0 spiro atoms. The van der Waals surface area contributed by atoms with Crippen LogP contribution < -0.4 is 11.1 Å². The van der Waals surface area contributed by atoms with E-state index in [1.807, 2.05) is 13.0 Å². The van der Waals surface area contributed by atoms with E-state index in [1.165, 1.54) is 6.92 Å². The molecule has 0 saturated carbocycles. The summed E-state index contributed by atoms with van der Waals surface area (Å²) in [7, 11) is 0. The van der Waals surface area contributed by atoms with E-state index in [0.717, 1.165) is 11.3 Å². The molecule has 0 bridgehead atoms. The van der Waals surface area contributed by atoms with Gasteiger partial charge >= 0.3 is 0 Å². The number of ether oxygens (including phenoxy) is 1. The molecule has 1 aromatic carbocycles. The Morgan fingerprint density at radius 1 is 1.44 bits per heavy atom. The van der Waals surface area contributed by atoms with E-state index in [4.69, 9.17) is 10.5 Å². The van der Waals surface area contributed by atoms with Gasteiger partial charge in [-0.15, -0.1) is 0 Å². The molecule has 4 nitrogen and oxygen atoms in total. The number of nitrogens with two attached hydrogens (primary N) is 1. The van der Waals surface area contributed by atoms with Crippen molar-refractivity contribution in [3.05, 3.63) is 35.9 Å². The predicted octanol–water partition coefficient (Wildman–Crippen LogP) is 2.48. The van der Waals surface area contributed by atoms with E-state index < -0.39 is 0 Å². The number of carbonyl (C=O) groups is 1. The van der Waals surface area contributed by atoms with Crippen molar-refractivity contribution in [2.24, 2.45) is 0 Å². The molecule has 0 aromatic heterocycles. The first kappa shape index (κ1) is 14.3. The molecule has 98 valence electrons. The van der Waals surface area contributed by atoms with Crippen LogP contribution >= 0.6 is 0 Å². The first-order valence-electron chi connectivity index (χ1n) is 5.87. The van der Waals surface area contributed by atoms with Crippen LogP contribution in [-0.4, -0.2) is 25.5 Å². The minimum absolute atomic E-state index is 0.0327. The maximum Gasteiger partial charge on any atom is 0.161 e. The summed E-state index contributed by atoms with van der Waals surface area (Å²) in [4.78, 5) is 11.3. The Labute approximate surface area is 108 Å². The molecule has 0 unspecified atom stereocenters. The summed E-state index contributed by atoms with van der Waals surface area (Å²) >= 11 is 0. The maximum absolute atomic E-state index is 11.3. The molecule has 0 amide bonds. The zero-order valence-corrected chi connectivity index (χ0v) is 11.0. The Kier molecular flexibility index (Phi) is 5.39. The Balaban J connectivity index is 2.45. The average Bonchev–Trinajstić information content (AvgIpc) is 2.30. The third kappa shape index (κ3) is 4.59. The minimum atomic E-state index is -0.0327. The van der Waals surface area contributed by atoms with E-state index in [-0.39, 0.29) is 5.78 Å². The van der Waals surface area contributed by atoms with E-state index in [9.17, 15) is 4.79 Å². The molecule has 0 aliphatic carbocycles. The molecule has 0 atom stereocenters. The Hall–Kier alpha value is -1.81. The van der Waals surface area contributed by atoms with Gasteiger partial charge in [-0.2, -0.15) is 0 Å². The first-order valence-corrected chi connectivity index (χ1v) is 5.87. The molecule has 0 fully saturated rings. The van der Waals surface area contributed by atoms with Crippen LogP contribution in [-0.2, 0) is 4.74 Å². The minimum Gasteiger partial charge on any atom is -0.398 e. The third-order valence-electron chi connectivity index (χ3n) is 2.36. The summed E-state index contributed by atoms with van der Waals surface area (Å²) in [6.07, 6.45) is 0. The van der Waals surface area contributed by atoms with E-state index in [2.05, 4.69) is 11.9 Å². The number of rotatable bonds is 7. The molecule has 0 aliphatic rings. The number of hydrogen-bond donors (Lipinski definition) is 2. The van der Waals surface area contributed by atoms with Crippen molar-refractivity contribution in [3.63, 3.8) is 0 Å². The van der Waals surface area contributed by atoms with Gasteiger partial charge in [0.2, 0.25) is 0 Å². The fourth-order valence-corrected chi connectivity index (χ4v) is 1.49. The number of nitrogen functional groups attached to an aromatic ring is 1. The Morgan fingerprint density at radius 3 is 2.78 bits per heavy atom. The molecule has 0 radical (unpaired) electrons. The van der Waals surface area contributed by atoms with Gasteiger partial charge in [0.1, 0.15) is 0 Å². The van der Waals surface area contributed by atoms with Gasteiger partial charge < -0.3 is 15.8 Å². The number of hydrogen-bond acceptors (Lipinski definition) is 4. The van der Waals surface area contributed by atoms with Crippen LogP contribution in [0.4, 0.5) is 11.4 Å². The van der Waals surface area contributed by atoms with Crippen molar-refractivity contribution in [3.8, 4) is 0 Å². The fraction of sp³-hybridized carbons (Fsp3) is 0.357.